The summed E-state index contributed by atoms with van der Waals surface area (Å²) in [4.78, 5) is 17.4. The summed E-state index contributed by atoms with van der Waals surface area (Å²) >= 11 is 1.02. The molecule has 0 unspecified atom stereocenters. The van der Waals surface area contributed by atoms with E-state index >= 15 is 0 Å². The number of rotatable bonds is 4. The summed E-state index contributed by atoms with van der Waals surface area (Å²) in [6.45, 7) is 0. The zero-order chi connectivity index (χ0) is 20.3. The highest BCUT2D eigenvalue weighted by Crippen LogP contribution is 2.32. The van der Waals surface area contributed by atoms with Crippen LogP contribution in [0.15, 0.2) is 54.7 Å². The molecule has 2 amide bonds. The monoisotopic (exact) mass is 411 g/mol. The Morgan fingerprint density at radius 3 is 2.54 bits per heavy atom. The number of halogens is 4. The molecule has 0 radical (unpaired) electrons. The summed E-state index contributed by atoms with van der Waals surface area (Å²) in [6, 6.07) is 9.14. The molecule has 2 aromatic carbocycles. The number of ether oxygens (including phenoxy) is 1. The number of carbonyl (C=O) groups excluding carboxylic acids is 1. The highest BCUT2D eigenvalue weighted by atomic mass is 32.1. The summed E-state index contributed by atoms with van der Waals surface area (Å²) in [7, 11) is 1.41. The molecule has 3 rings (SSSR count). The van der Waals surface area contributed by atoms with Gasteiger partial charge in [0.15, 0.2) is 5.13 Å². The zero-order valence-electron chi connectivity index (χ0n) is 14.3. The van der Waals surface area contributed by atoms with Gasteiger partial charge in [-0.2, -0.15) is 13.2 Å². The Kier molecular flexibility index (Phi) is 5.50. The minimum absolute atomic E-state index is 0.218. The largest absolute Gasteiger partial charge is 0.445 e. The van der Waals surface area contributed by atoms with Crippen LogP contribution < -0.4 is 15.0 Å². The lowest BCUT2D eigenvalue weighted by Crippen LogP contribution is -2.31. The molecule has 0 fully saturated rings. The standard InChI is InChI=1S/C18H13F4N3O2S/c1-25(13-7-5-11(6-8-13)18(20,21)22)17(26)24-16-23-10-15(28-16)27-14-4-2-3-12(19)9-14/h2-10H,1H3,(H,23,24,26). The second kappa shape index (κ2) is 7.85. The lowest BCUT2D eigenvalue weighted by atomic mass is 10.2. The van der Waals surface area contributed by atoms with E-state index in [0.29, 0.717) is 5.06 Å². The SMILES string of the molecule is CN(C(=O)Nc1ncc(Oc2cccc(F)c2)s1)c1ccc(C(F)(F)F)cc1. The van der Waals surface area contributed by atoms with Crippen molar-refractivity contribution in [2.45, 2.75) is 6.18 Å². The first-order valence-corrected chi connectivity index (χ1v) is 8.65. The maximum atomic E-state index is 13.2. The molecule has 0 bridgehead atoms. The van der Waals surface area contributed by atoms with E-state index in [9.17, 15) is 22.4 Å². The van der Waals surface area contributed by atoms with Crippen molar-refractivity contribution in [3.05, 3.63) is 66.1 Å². The van der Waals surface area contributed by atoms with Gasteiger partial charge in [0.05, 0.1) is 11.8 Å². The van der Waals surface area contributed by atoms with Crippen LogP contribution in [0.25, 0.3) is 0 Å². The van der Waals surface area contributed by atoms with Gasteiger partial charge in [-0.15, -0.1) is 0 Å². The summed E-state index contributed by atoms with van der Waals surface area (Å²) in [5.41, 5.74) is -0.526. The lowest BCUT2D eigenvalue weighted by molar-refractivity contribution is -0.137. The van der Waals surface area contributed by atoms with E-state index in [4.69, 9.17) is 4.74 Å². The first kappa shape index (κ1) is 19.6. The predicted molar refractivity (Wildman–Crippen MR) is 97.5 cm³/mol. The van der Waals surface area contributed by atoms with Gasteiger partial charge in [-0.05, 0) is 36.4 Å². The molecule has 146 valence electrons. The number of amides is 2. The fourth-order valence-corrected chi connectivity index (χ4v) is 2.86. The van der Waals surface area contributed by atoms with Crippen LogP contribution in [0.3, 0.4) is 0 Å². The minimum atomic E-state index is -4.45. The van der Waals surface area contributed by atoms with Crippen LogP contribution in [0, 0.1) is 5.82 Å². The molecule has 1 aromatic heterocycles. The molecule has 1 heterocycles. The van der Waals surface area contributed by atoms with Gasteiger partial charge in [-0.1, -0.05) is 17.4 Å². The number of nitrogens with one attached hydrogen (secondary N) is 1. The topological polar surface area (TPSA) is 54.5 Å². The number of thiazole rings is 1. The van der Waals surface area contributed by atoms with Crippen molar-refractivity contribution >= 4 is 28.2 Å². The Bertz CT molecular complexity index is 973. The van der Waals surface area contributed by atoms with E-state index < -0.39 is 23.6 Å². The lowest BCUT2D eigenvalue weighted by Gasteiger charge is -2.17. The summed E-state index contributed by atoms with van der Waals surface area (Å²) < 4.78 is 56.5. The van der Waals surface area contributed by atoms with Crippen molar-refractivity contribution in [1.82, 2.24) is 4.98 Å². The molecule has 0 saturated carbocycles. The molecule has 0 aliphatic carbocycles. The maximum absolute atomic E-state index is 13.2. The van der Waals surface area contributed by atoms with E-state index in [1.807, 2.05) is 0 Å². The van der Waals surface area contributed by atoms with Crippen LogP contribution in [0.2, 0.25) is 0 Å². The third kappa shape index (κ3) is 4.77. The first-order valence-electron chi connectivity index (χ1n) is 7.83. The second-order valence-electron chi connectivity index (χ2n) is 5.58. The molecule has 10 heteroatoms. The van der Waals surface area contributed by atoms with E-state index in [1.54, 1.807) is 6.07 Å². The smallest absolute Gasteiger partial charge is 0.416 e. The Labute approximate surface area is 161 Å². The van der Waals surface area contributed by atoms with Crippen molar-refractivity contribution in [1.29, 1.82) is 0 Å². The quantitative estimate of drug-likeness (QED) is 0.555. The van der Waals surface area contributed by atoms with Crippen LogP contribution in [-0.4, -0.2) is 18.1 Å². The van der Waals surface area contributed by atoms with Crippen LogP contribution >= 0.6 is 11.3 Å². The summed E-state index contributed by atoms with van der Waals surface area (Å²) in [5, 5.41) is 3.07. The van der Waals surface area contributed by atoms with Gasteiger partial charge in [0.2, 0.25) is 5.06 Å². The number of alkyl halides is 3. The number of anilines is 2. The Morgan fingerprint density at radius 2 is 1.89 bits per heavy atom. The number of hydrogen-bond acceptors (Lipinski definition) is 4. The molecule has 0 aliphatic heterocycles. The van der Waals surface area contributed by atoms with Crippen molar-refractivity contribution in [2.24, 2.45) is 0 Å². The third-order valence-electron chi connectivity index (χ3n) is 3.60. The molecule has 0 saturated heterocycles. The zero-order valence-corrected chi connectivity index (χ0v) is 15.1. The minimum Gasteiger partial charge on any atom is -0.445 e. The summed E-state index contributed by atoms with van der Waals surface area (Å²) in [5.74, 6) is -0.169. The Hall–Kier alpha value is -3.14. The molecule has 3 aromatic rings. The Morgan fingerprint density at radius 1 is 1.18 bits per heavy atom. The van der Waals surface area contributed by atoms with Crippen LogP contribution in [0.4, 0.5) is 33.2 Å². The number of nitrogens with zero attached hydrogens (tertiary/aromatic N) is 2. The molecule has 0 aliphatic rings. The van der Waals surface area contributed by atoms with Crippen LogP contribution in [0.5, 0.6) is 10.8 Å². The third-order valence-corrected chi connectivity index (χ3v) is 4.39. The molecule has 0 atom stereocenters. The highest BCUT2D eigenvalue weighted by Gasteiger charge is 2.30. The van der Waals surface area contributed by atoms with Gasteiger partial charge in [0, 0.05) is 18.8 Å². The number of hydrogen-bond donors (Lipinski definition) is 1. The molecule has 5 nitrogen and oxygen atoms in total. The van der Waals surface area contributed by atoms with Crippen molar-refractivity contribution < 1.29 is 27.1 Å². The number of benzene rings is 2. The van der Waals surface area contributed by atoms with Gasteiger partial charge in [0.1, 0.15) is 11.6 Å². The van der Waals surface area contributed by atoms with Gasteiger partial charge in [0.25, 0.3) is 0 Å². The highest BCUT2D eigenvalue weighted by molar-refractivity contribution is 7.17. The molecule has 1 N–H and O–H groups in total. The predicted octanol–water partition coefficient (Wildman–Crippen LogP) is 5.76. The van der Waals surface area contributed by atoms with Crippen molar-refractivity contribution in [3.8, 4) is 10.8 Å². The first-order chi connectivity index (χ1) is 13.2. The molecular formula is C18H13F4N3O2S. The average Bonchev–Trinajstić information content (AvgIpc) is 3.07. The van der Waals surface area contributed by atoms with Gasteiger partial charge in [-0.3, -0.25) is 10.2 Å². The van der Waals surface area contributed by atoms with E-state index in [2.05, 4.69) is 10.3 Å². The number of aromatic nitrogens is 1. The summed E-state index contributed by atoms with van der Waals surface area (Å²) in [6.07, 6.45) is -3.08. The fraction of sp³-hybridized carbons (Fsp3) is 0.111. The fourth-order valence-electron chi connectivity index (χ4n) is 2.18. The van der Waals surface area contributed by atoms with Crippen LogP contribution in [-0.2, 0) is 6.18 Å². The number of carbonyl (C=O) groups is 1. The normalized spacial score (nSPS) is 11.2. The van der Waals surface area contributed by atoms with E-state index in [1.165, 1.54) is 43.6 Å². The Balaban J connectivity index is 1.63. The maximum Gasteiger partial charge on any atom is 0.416 e. The van der Waals surface area contributed by atoms with E-state index in [0.717, 1.165) is 28.4 Å². The van der Waals surface area contributed by atoms with Gasteiger partial charge < -0.3 is 4.74 Å². The van der Waals surface area contributed by atoms with Crippen molar-refractivity contribution in [2.75, 3.05) is 17.3 Å². The molecule has 28 heavy (non-hydrogen) atoms. The number of urea groups is 1. The second-order valence-corrected chi connectivity index (χ2v) is 6.57. The van der Waals surface area contributed by atoms with Gasteiger partial charge in [-0.25, -0.2) is 14.2 Å². The molecular weight excluding hydrogens is 398 g/mol. The van der Waals surface area contributed by atoms with Gasteiger partial charge >= 0.3 is 12.2 Å². The van der Waals surface area contributed by atoms with E-state index in [-0.39, 0.29) is 16.6 Å². The van der Waals surface area contributed by atoms with Crippen molar-refractivity contribution in [3.63, 3.8) is 0 Å². The van der Waals surface area contributed by atoms with Crippen LogP contribution in [0.1, 0.15) is 5.56 Å². The molecule has 0 spiro atoms. The average molecular weight is 411 g/mol.